The topological polar surface area (TPSA) is 76.7 Å². The Bertz CT molecular complexity index is 789. The summed E-state index contributed by atoms with van der Waals surface area (Å²) in [7, 11) is 0. The van der Waals surface area contributed by atoms with E-state index in [1.807, 2.05) is 51.1 Å². The molecule has 0 aliphatic carbocycles. The van der Waals surface area contributed by atoms with Crippen molar-refractivity contribution in [3.05, 3.63) is 59.2 Å². The fourth-order valence-electron chi connectivity index (χ4n) is 2.23. The van der Waals surface area contributed by atoms with Crippen molar-refractivity contribution < 1.29 is 19.1 Å². The van der Waals surface area contributed by atoms with Crippen LogP contribution in [-0.4, -0.2) is 24.5 Å². The van der Waals surface area contributed by atoms with E-state index in [-0.39, 0.29) is 6.61 Å². The molecular weight excluding hydrogens is 332 g/mol. The van der Waals surface area contributed by atoms with E-state index in [4.69, 9.17) is 9.47 Å². The van der Waals surface area contributed by atoms with Gasteiger partial charge in [-0.05, 0) is 56.5 Å². The highest BCUT2D eigenvalue weighted by Crippen LogP contribution is 2.20. The minimum atomic E-state index is -0.753. The van der Waals surface area contributed by atoms with E-state index in [2.05, 4.69) is 10.9 Å². The number of amides is 2. The van der Waals surface area contributed by atoms with Gasteiger partial charge in [-0.2, -0.15) is 0 Å². The first kappa shape index (κ1) is 19.3. The van der Waals surface area contributed by atoms with Crippen LogP contribution in [0, 0.1) is 20.8 Å². The Hall–Kier alpha value is -3.02. The van der Waals surface area contributed by atoms with Crippen molar-refractivity contribution in [2.24, 2.45) is 0 Å². The van der Waals surface area contributed by atoms with Gasteiger partial charge in [-0.25, -0.2) is 0 Å². The van der Waals surface area contributed by atoms with E-state index >= 15 is 0 Å². The van der Waals surface area contributed by atoms with Crippen LogP contribution in [0.15, 0.2) is 42.5 Å². The molecular formula is C20H24N2O4. The molecule has 0 radical (unpaired) electrons. The lowest BCUT2D eigenvalue weighted by Gasteiger charge is -2.16. The number of carbonyl (C=O) groups is 2. The highest BCUT2D eigenvalue weighted by Gasteiger charge is 2.16. The van der Waals surface area contributed by atoms with Gasteiger partial charge in [0.05, 0.1) is 0 Å². The minimum Gasteiger partial charge on any atom is -0.483 e. The average molecular weight is 356 g/mol. The molecule has 0 saturated heterocycles. The molecule has 26 heavy (non-hydrogen) atoms. The predicted octanol–water partition coefficient (Wildman–Crippen LogP) is 2.61. The van der Waals surface area contributed by atoms with Crippen molar-refractivity contribution in [2.75, 3.05) is 6.61 Å². The van der Waals surface area contributed by atoms with Crippen LogP contribution in [0.1, 0.15) is 23.6 Å². The van der Waals surface area contributed by atoms with Gasteiger partial charge >= 0.3 is 0 Å². The lowest BCUT2D eigenvalue weighted by molar-refractivity contribution is -0.133. The maximum Gasteiger partial charge on any atom is 0.279 e. The summed E-state index contributed by atoms with van der Waals surface area (Å²) in [6.07, 6.45) is -0.753. The highest BCUT2D eigenvalue weighted by atomic mass is 16.5. The molecule has 2 amide bonds. The molecule has 0 spiro atoms. The SMILES string of the molecule is Cc1ccccc1OC(C)C(=O)NNC(=O)COc1cccc(C)c1C. The molecule has 0 saturated carbocycles. The maximum atomic E-state index is 12.0. The summed E-state index contributed by atoms with van der Waals surface area (Å²) in [5.74, 6) is 0.359. The fourth-order valence-corrected chi connectivity index (χ4v) is 2.23. The molecule has 138 valence electrons. The van der Waals surface area contributed by atoms with Crippen LogP contribution < -0.4 is 20.3 Å². The molecule has 0 aliphatic rings. The summed E-state index contributed by atoms with van der Waals surface area (Å²) >= 11 is 0. The molecule has 1 unspecified atom stereocenters. The number of para-hydroxylation sites is 1. The van der Waals surface area contributed by atoms with Gasteiger partial charge in [0.25, 0.3) is 11.8 Å². The van der Waals surface area contributed by atoms with Crippen molar-refractivity contribution in [2.45, 2.75) is 33.8 Å². The third-order valence-electron chi connectivity index (χ3n) is 4.01. The quantitative estimate of drug-likeness (QED) is 0.780. The first-order valence-electron chi connectivity index (χ1n) is 8.38. The predicted molar refractivity (Wildman–Crippen MR) is 99.0 cm³/mol. The zero-order valence-electron chi connectivity index (χ0n) is 15.5. The first-order valence-corrected chi connectivity index (χ1v) is 8.38. The monoisotopic (exact) mass is 356 g/mol. The minimum absolute atomic E-state index is 0.197. The average Bonchev–Trinajstić information content (AvgIpc) is 2.62. The van der Waals surface area contributed by atoms with Crippen LogP contribution in [0.3, 0.4) is 0 Å². The van der Waals surface area contributed by atoms with Gasteiger partial charge in [-0.15, -0.1) is 0 Å². The first-order chi connectivity index (χ1) is 12.4. The maximum absolute atomic E-state index is 12.0. The van der Waals surface area contributed by atoms with Crippen molar-refractivity contribution in [3.8, 4) is 11.5 Å². The van der Waals surface area contributed by atoms with Crippen LogP contribution in [0.5, 0.6) is 11.5 Å². The molecule has 0 aliphatic heterocycles. The van der Waals surface area contributed by atoms with Crippen LogP contribution in [0.4, 0.5) is 0 Å². The van der Waals surface area contributed by atoms with Gasteiger partial charge in [0.15, 0.2) is 12.7 Å². The Kier molecular flexibility index (Phi) is 6.60. The van der Waals surface area contributed by atoms with Gasteiger partial charge in [0.1, 0.15) is 11.5 Å². The zero-order chi connectivity index (χ0) is 19.1. The normalized spacial score (nSPS) is 11.4. The summed E-state index contributed by atoms with van der Waals surface area (Å²) in [4.78, 5) is 23.9. The number of rotatable bonds is 6. The van der Waals surface area contributed by atoms with E-state index < -0.39 is 17.9 Å². The van der Waals surface area contributed by atoms with Gasteiger partial charge < -0.3 is 9.47 Å². The summed E-state index contributed by atoms with van der Waals surface area (Å²) in [5, 5.41) is 0. The van der Waals surface area contributed by atoms with Gasteiger partial charge in [0.2, 0.25) is 0 Å². The van der Waals surface area contributed by atoms with Crippen LogP contribution in [-0.2, 0) is 9.59 Å². The molecule has 1 atom stereocenters. The summed E-state index contributed by atoms with van der Waals surface area (Å²) < 4.78 is 11.1. The number of aryl methyl sites for hydroxylation is 2. The van der Waals surface area contributed by atoms with Gasteiger partial charge in [0, 0.05) is 0 Å². The molecule has 2 rings (SSSR count). The zero-order valence-corrected chi connectivity index (χ0v) is 15.5. The molecule has 0 fully saturated rings. The Morgan fingerprint density at radius 1 is 0.923 bits per heavy atom. The summed E-state index contributed by atoms with van der Waals surface area (Å²) in [6.45, 7) is 7.21. The molecule has 6 heteroatoms. The second-order valence-electron chi connectivity index (χ2n) is 6.05. The van der Waals surface area contributed by atoms with Crippen LogP contribution >= 0.6 is 0 Å². The van der Waals surface area contributed by atoms with Crippen LogP contribution in [0.25, 0.3) is 0 Å². The molecule has 0 bridgehead atoms. The third kappa shape index (κ3) is 5.24. The second-order valence-corrected chi connectivity index (χ2v) is 6.05. The van der Waals surface area contributed by atoms with Crippen molar-refractivity contribution in [3.63, 3.8) is 0 Å². The summed E-state index contributed by atoms with van der Waals surface area (Å²) in [5.41, 5.74) is 7.65. The largest absolute Gasteiger partial charge is 0.483 e. The molecule has 0 heterocycles. The highest BCUT2D eigenvalue weighted by molar-refractivity contribution is 5.85. The van der Waals surface area contributed by atoms with Crippen molar-refractivity contribution >= 4 is 11.8 Å². The smallest absolute Gasteiger partial charge is 0.279 e. The summed E-state index contributed by atoms with van der Waals surface area (Å²) in [6, 6.07) is 13.0. The number of nitrogens with one attached hydrogen (secondary N) is 2. The second kappa shape index (κ2) is 8.89. The van der Waals surface area contributed by atoms with E-state index in [1.165, 1.54) is 0 Å². The molecule has 6 nitrogen and oxygen atoms in total. The van der Waals surface area contributed by atoms with Gasteiger partial charge in [-0.3, -0.25) is 20.4 Å². The van der Waals surface area contributed by atoms with E-state index in [9.17, 15) is 9.59 Å². The number of hydrogen-bond donors (Lipinski definition) is 2. The van der Waals surface area contributed by atoms with Crippen LogP contribution in [0.2, 0.25) is 0 Å². The number of carbonyl (C=O) groups excluding carboxylic acids is 2. The number of hydrogen-bond acceptors (Lipinski definition) is 4. The number of benzene rings is 2. The standard InChI is InChI=1S/C20H24N2O4/c1-13-9-7-11-18(15(13)3)25-12-19(23)21-22-20(24)16(4)26-17-10-6-5-8-14(17)2/h5-11,16H,12H2,1-4H3,(H,21,23)(H,22,24). The lowest BCUT2D eigenvalue weighted by Crippen LogP contribution is -2.48. The molecule has 2 aromatic carbocycles. The van der Waals surface area contributed by atoms with Gasteiger partial charge in [-0.1, -0.05) is 30.3 Å². The lowest BCUT2D eigenvalue weighted by atomic mass is 10.1. The Morgan fingerprint density at radius 3 is 2.31 bits per heavy atom. The third-order valence-corrected chi connectivity index (χ3v) is 4.01. The Labute approximate surface area is 153 Å². The van der Waals surface area contributed by atoms with Crippen molar-refractivity contribution in [1.82, 2.24) is 10.9 Å². The van der Waals surface area contributed by atoms with E-state index in [0.717, 1.165) is 16.7 Å². The number of ether oxygens (including phenoxy) is 2. The van der Waals surface area contributed by atoms with E-state index in [0.29, 0.717) is 11.5 Å². The Balaban J connectivity index is 1.78. The number of hydrazine groups is 1. The molecule has 2 N–H and O–H groups in total. The molecule has 0 aromatic heterocycles. The fraction of sp³-hybridized carbons (Fsp3) is 0.300. The van der Waals surface area contributed by atoms with E-state index in [1.54, 1.807) is 19.1 Å². The molecule has 2 aromatic rings. The Morgan fingerprint density at radius 2 is 1.58 bits per heavy atom. The van der Waals surface area contributed by atoms with Crippen molar-refractivity contribution in [1.29, 1.82) is 0 Å².